The Morgan fingerprint density at radius 1 is 0.818 bits per heavy atom. The maximum atomic E-state index is 11.4. The van der Waals surface area contributed by atoms with Crippen LogP contribution in [0.1, 0.15) is 71.1 Å². The molecule has 0 aromatic carbocycles. The maximum absolute atomic E-state index is 11.4. The van der Waals surface area contributed by atoms with Gasteiger partial charge in [-0.15, -0.1) is 0 Å². The number of carboxylic acids is 1. The molecule has 1 rings (SSSR count). The monoisotopic (exact) mass is 522 g/mol. The first-order valence-electron chi connectivity index (χ1n) is 10.8. The summed E-state index contributed by atoms with van der Waals surface area (Å²) in [6.07, 6.45) is -0.314. The topological polar surface area (TPSA) is 203 Å². The van der Waals surface area contributed by atoms with Gasteiger partial charge in [0, 0.05) is 6.61 Å². The molecular weight excluding hydrogens is 488 g/mol. The fraction of sp³-hybridized carbons (Fsp3) is 0.944. The molecule has 13 nitrogen and oxygen atoms in total. The molecule has 1 unspecified atom stereocenters. The van der Waals surface area contributed by atoms with Gasteiger partial charge in [-0.2, -0.15) is 16.8 Å². The van der Waals surface area contributed by atoms with Crippen molar-refractivity contribution >= 4 is 26.8 Å². The van der Waals surface area contributed by atoms with Crippen LogP contribution in [-0.4, -0.2) is 79.4 Å². The highest BCUT2D eigenvalue weighted by Crippen LogP contribution is 2.29. The molecule has 5 atom stereocenters. The second kappa shape index (κ2) is 14.5. The Hall–Kier alpha value is -0.910. The minimum atomic E-state index is -5.28. The van der Waals surface area contributed by atoms with E-state index in [0.29, 0.717) is 6.42 Å². The number of carboxylic acid groups (broad SMARTS) is 1. The van der Waals surface area contributed by atoms with E-state index in [4.69, 9.17) is 18.6 Å². The zero-order valence-corrected chi connectivity index (χ0v) is 20.1. The van der Waals surface area contributed by atoms with Gasteiger partial charge in [0.05, 0.1) is 0 Å². The molecule has 0 aromatic heterocycles. The first-order chi connectivity index (χ1) is 15.4. The standard InChI is InChI=1S/C18H34O13S2/c1-2-3-4-5-6-7-8-9-10-11-12-28-18-16(31-33(25,26)27)14(30-32(22,23)24)13(19)15(29-18)17(20)21/h13-16,18-19H,2-12H2,1H3,(H,20,21)(H,22,23,24)(H,25,26,27)/t13-,14-,15-,16+,18?/m0/s1. The Morgan fingerprint density at radius 2 is 1.27 bits per heavy atom. The quantitative estimate of drug-likeness (QED) is 0.158. The molecule has 0 aromatic rings. The summed E-state index contributed by atoms with van der Waals surface area (Å²) in [5, 5.41) is 19.3. The molecule has 1 aliphatic rings. The van der Waals surface area contributed by atoms with Crippen LogP contribution in [0.2, 0.25) is 0 Å². The van der Waals surface area contributed by atoms with Crippen molar-refractivity contribution in [1.29, 1.82) is 0 Å². The normalized spacial score (nSPS) is 26.4. The zero-order chi connectivity index (χ0) is 25.1. The number of hydrogen-bond donors (Lipinski definition) is 4. The molecule has 15 heteroatoms. The van der Waals surface area contributed by atoms with Gasteiger partial charge in [-0.1, -0.05) is 64.7 Å². The molecule has 1 heterocycles. The lowest BCUT2D eigenvalue weighted by atomic mass is 9.99. The number of hydrogen-bond acceptors (Lipinski definition) is 10. The summed E-state index contributed by atoms with van der Waals surface area (Å²) in [5.41, 5.74) is 0. The van der Waals surface area contributed by atoms with Crippen LogP contribution in [0.5, 0.6) is 0 Å². The van der Waals surface area contributed by atoms with Gasteiger partial charge < -0.3 is 19.7 Å². The van der Waals surface area contributed by atoms with Crippen molar-refractivity contribution in [2.75, 3.05) is 6.61 Å². The third-order valence-corrected chi connectivity index (χ3v) is 5.94. The van der Waals surface area contributed by atoms with Crippen molar-refractivity contribution in [1.82, 2.24) is 0 Å². The Kier molecular flexibility index (Phi) is 13.2. The van der Waals surface area contributed by atoms with Crippen molar-refractivity contribution in [2.45, 2.75) is 102 Å². The molecule has 0 bridgehead atoms. The second-order valence-corrected chi connectivity index (χ2v) is 9.88. The van der Waals surface area contributed by atoms with Crippen molar-refractivity contribution in [3.05, 3.63) is 0 Å². The predicted octanol–water partition coefficient (Wildman–Crippen LogP) is 1.47. The maximum Gasteiger partial charge on any atom is 0.397 e. The molecule has 0 aliphatic carbocycles. The van der Waals surface area contributed by atoms with E-state index in [9.17, 15) is 31.8 Å². The van der Waals surface area contributed by atoms with E-state index >= 15 is 0 Å². The highest BCUT2D eigenvalue weighted by atomic mass is 32.3. The summed E-state index contributed by atoms with van der Waals surface area (Å²) in [6.45, 7) is 2.11. The number of ether oxygens (including phenoxy) is 2. The number of aliphatic hydroxyl groups excluding tert-OH is 1. The Morgan fingerprint density at radius 3 is 1.73 bits per heavy atom. The molecular formula is C18H34O13S2. The third-order valence-electron chi connectivity index (χ3n) is 5.01. The van der Waals surface area contributed by atoms with Gasteiger partial charge >= 0.3 is 26.8 Å². The molecule has 0 amide bonds. The first kappa shape index (κ1) is 30.1. The molecule has 4 N–H and O–H groups in total. The number of unbranched alkanes of at least 4 members (excludes halogenated alkanes) is 9. The fourth-order valence-electron chi connectivity index (χ4n) is 3.44. The van der Waals surface area contributed by atoms with Crippen molar-refractivity contribution in [2.24, 2.45) is 0 Å². The van der Waals surface area contributed by atoms with E-state index in [-0.39, 0.29) is 6.61 Å². The molecule has 0 radical (unpaired) electrons. The number of aliphatic carboxylic acids is 1. The Labute approximate surface area is 194 Å². The summed E-state index contributed by atoms with van der Waals surface area (Å²) in [4.78, 5) is 11.4. The molecule has 1 aliphatic heterocycles. The molecule has 196 valence electrons. The summed E-state index contributed by atoms with van der Waals surface area (Å²) in [5.74, 6) is -1.73. The largest absolute Gasteiger partial charge is 0.479 e. The minimum Gasteiger partial charge on any atom is -0.479 e. The first-order valence-corrected chi connectivity index (χ1v) is 13.6. The Bertz CT molecular complexity index is 783. The minimum absolute atomic E-state index is 0.0481. The van der Waals surface area contributed by atoms with Crippen LogP contribution in [0.25, 0.3) is 0 Å². The van der Waals surface area contributed by atoms with Gasteiger partial charge in [0.1, 0.15) is 12.2 Å². The molecule has 1 fully saturated rings. The average molecular weight is 523 g/mol. The van der Waals surface area contributed by atoms with Gasteiger partial charge in [0.15, 0.2) is 18.5 Å². The smallest absolute Gasteiger partial charge is 0.397 e. The van der Waals surface area contributed by atoms with Gasteiger partial charge in [-0.3, -0.25) is 9.11 Å². The van der Waals surface area contributed by atoms with Crippen LogP contribution in [-0.2, 0) is 43.4 Å². The van der Waals surface area contributed by atoms with Crippen molar-refractivity contribution in [3.63, 3.8) is 0 Å². The number of rotatable bonds is 17. The zero-order valence-electron chi connectivity index (χ0n) is 18.4. The van der Waals surface area contributed by atoms with E-state index in [2.05, 4.69) is 15.3 Å². The third kappa shape index (κ3) is 12.4. The summed E-state index contributed by atoms with van der Waals surface area (Å²) < 4.78 is 81.5. The summed E-state index contributed by atoms with van der Waals surface area (Å²) >= 11 is 0. The lowest BCUT2D eigenvalue weighted by molar-refractivity contribution is -0.284. The molecule has 1 saturated heterocycles. The van der Waals surface area contributed by atoms with Crippen LogP contribution in [0.4, 0.5) is 0 Å². The predicted molar refractivity (Wildman–Crippen MR) is 113 cm³/mol. The lowest BCUT2D eigenvalue weighted by Crippen LogP contribution is -2.62. The fourth-order valence-corrected chi connectivity index (χ4v) is 4.43. The SMILES string of the molecule is CCCCCCCCCCCCOC1O[C@H](C(=O)O)[C@@H](O)[C@H](OS(=O)(=O)O)[C@H]1OS(=O)(=O)O. The van der Waals surface area contributed by atoms with Crippen molar-refractivity contribution < 1.29 is 58.8 Å². The molecule has 0 saturated carbocycles. The van der Waals surface area contributed by atoms with Crippen LogP contribution in [0.3, 0.4) is 0 Å². The van der Waals surface area contributed by atoms with E-state index in [1.54, 1.807) is 0 Å². The molecule has 0 spiro atoms. The lowest BCUT2D eigenvalue weighted by Gasteiger charge is -2.40. The highest BCUT2D eigenvalue weighted by molar-refractivity contribution is 7.81. The average Bonchev–Trinajstić information content (AvgIpc) is 2.68. The van der Waals surface area contributed by atoms with E-state index in [0.717, 1.165) is 32.1 Å². The van der Waals surface area contributed by atoms with E-state index in [1.807, 2.05) is 0 Å². The highest BCUT2D eigenvalue weighted by Gasteiger charge is 2.53. The van der Waals surface area contributed by atoms with Crippen LogP contribution in [0.15, 0.2) is 0 Å². The van der Waals surface area contributed by atoms with E-state index in [1.165, 1.54) is 25.7 Å². The van der Waals surface area contributed by atoms with Crippen LogP contribution < -0.4 is 0 Å². The van der Waals surface area contributed by atoms with Crippen LogP contribution >= 0.6 is 0 Å². The summed E-state index contributed by atoms with van der Waals surface area (Å²) in [6, 6.07) is 0. The van der Waals surface area contributed by atoms with Gasteiger partial charge in [-0.25, -0.2) is 13.2 Å². The second-order valence-electron chi connectivity index (χ2n) is 7.78. The van der Waals surface area contributed by atoms with Gasteiger partial charge in [-0.05, 0) is 6.42 Å². The molecule has 33 heavy (non-hydrogen) atoms. The van der Waals surface area contributed by atoms with Gasteiger partial charge in [0.25, 0.3) is 0 Å². The summed E-state index contributed by atoms with van der Waals surface area (Å²) in [7, 11) is -10.5. The number of aliphatic hydroxyl groups is 1. The van der Waals surface area contributed by atoms with Gasteiger partial charge in [0.2, 0.25) is 0 Å². The van der Waals surface area contributed by atoms with E-state index < -0.39 is 57.5 Å². The Balaban J connectivity index is 2.67. The number of carbonyl (C=O) groups is 1. The van der Waals surface area contributed by atoms with Crippen molar-refractivity contribution in [3.8, 4) is 0 Å². The van der Waals surface area contributed by atoms with Crippen LogP contribution in [0, 0.1) is 0 Å².